The lowest BCUT2D eigenvalue weighted by Crippen LogP contribution is -2.41. The van der Waals surface area contributed by atoms with E-state index in [1.807, 2.05) is 42.5 Å². The van der Waals surface area contributed by atoms with E-state index in [1.54, 1.807) is 18.3 Å². The van der Waals surface area contributed by atoms with Crippen LogP contribution >= 0.6 is 11.6 Å². The first-order valence-electron chi connectivity index (χ1n) is 10.5. The van der Waals surface area contributed by atoms with Gasteiger partial charge in [0, 0.05) is 18.3 Å². The average Bonchev–Trinajstić information content (AvgIpc) is 2.81. The first kappa shape index (κ1) is 21.2. The third kappa shape index (κ3) is 6.22. The normalized spacial score (nSPS) is 18.2. The summed E-state index contributed by atoms with van der Waals surface area (Å²) in [6, 6.07) is 21.6. The molecule has 0 atom stereocenters. The molecule has 0 saturated heterocycles. The number of rotatable bonds is 7. The van der Waals surface area contributed by atoms with Crippen LogP contribution in [0.15, 0.2) is 72.9 Å². The number of nitrogens with zero attached hydrogens (tertiary/aromatic N) is 1. The zero-order chi connectivity index (χ0) is 21.5. The molecule has 0 radical (unpaired) electrons. The molecule has 0 bridgehead atoms. The van der Waals surface area contributed by atoms with Crippen molar-refractivity contribution in [2.75, 3.05) is 6.61 Å². The maximum atomic E-state index is 12.3. The summed E-state index contributed by atoms with van der Waals surface area (Å²) in [5, 5.41) is 3.66. The number of carbonyl (C=O) groups is 1. The summed E-state index contributed by atoms with van der Waals surface area (Å²) in [5.41, 5.74) is 2.27. The van der Waals surface area contributed by atoms with Crippen molar-refractivity contribution in [3.05, 3.63) is 77.9 Å². The molecule has 1 N–H and O–H groups in total. The molecule has 1 aliphatic rings. The standard InChI is InChI=1S/C25H25ClN2O3/c26-20-8-15-25(27-16-20)31-23-13-9-21(10-14-23)28-24(29)17-30-22-11-6-19(7-12-22)18-4-2-1-3-5-18/h1-8,11-12,15-16,21,23H,9-10,13-14,17H2,(H,28,29). The summed E-state index contributed by atoms with van der Waals surface area (Å²) in [4.78, 5) is 16.5. The topological polar surface area (TPSA) is 60.5 Å². The van der Waals surface area contributed by atoms with E-state index < -0.39 is 0 Å². The monoisotopic (exact) mass is 436 g/mol. The summed E-state index contributed by atoms with van der Waals surface area (Å²) in [5.74, 6) is 1.17. The molecule has 0 aliphatic heterocycles. The number of hydrogen-bond donors (Lipinski definition) is 1. The number of benzene rings is 2. The minimum Gasteiger partial charge on any atom is -0.484 e. The van der Waals surface area contributed by atoms with E-state index in [0.717, 1.165) is 36.8 Å². The minimum absolute atomic E-state index is 0.00973. The molecule has 0 unspecified atom stereocenters. The lowest BCUT2D eigenvalue weighted by molar-refractivity contribution is -0.124. The first-order valence-corrected chi connectivity index (χ1v) is 10.9. The molecule has 160 valence electrons. The van der Waals surface area contributed by atoms with E-state index in [9.17, 15) is 4.79 Å². The Labute approximate surface area is 187 Å². The molecule has 2 aromatic carbocycles. The van der Waals surface area contributed by atoms with Crippen molar-refractivity contribution in [2.45, 2.75) is 37.8 Å². The maximum absolute atomic E-state index is 12.3. The van der Waals surface area contributed by atoms with Crippen LogP contribution in [-0.2, 0) is 4.79 Å². The van der Waals surface area contributed by atoms with Gasteiger partial charge in [0.1, 0.15) is 11.9 Å². The molecule has 6 heteroatoms. The van der Waals surface area contributed by atoms with Gasteiger partial charge >= 0.3 is 0 Å². The van der Waals surface area contributed by atoms with E-state index >= 15 is 0 Å². The minimum atomic E-state index is -0.101. The summed E-state index contributed by atoms with van der Waals surface area (Å²) >= 11 is 5.85. The van der Waals surface area contributed by atoms with E-state index in [4.69, 9.17) is 21.1 Å². The zero-order valence-electron chi connectivity index (χ0n) is 17.2. The van der Waals surface area contributed by atoms with Crippen molar-refractivity contribution in [3.8, 4) is 22.8 Å². The Morgan fingerprint density at radius 1 is 0.935 bits per heavy atom. The molecule has 4 rings (SSSR count). The van der Waals surface area contributed by atoms with E-state index in [1.165, 1.54) is 0 Å². The predicted octanol–water partition coefficient (Wildman–Crippen LogP) is 5.29. The van der Waals surface area contributed by atoms with Crippen molar-refractivity contribution in [1.29, 1.82) is 0 Å². The number of nitrogens with one attached hydrogen (secondary N) is 1. The fraction of sp³-hybridized carbons (Fsp3) is 0.280. The van der Waals surface area contributed by atoms with Crippen LogP contribution in [0.2, 0.25) is 5.02 Å². The Kier molecular flexibility index (Phi) is 7.05. The van der Waals surface area contributed by atoms with Gasteiger partial charge in [-0.3, -0.25) is 4.79 Å². The molecule has 0 spiro atoms. The lowest BCUT2D eigenvalue weighted by atomic mass is 9.93. The molecular formula is C25H25ClN2O3. The van der Waals surface area contributed by atoms with Gasteiger partial charge in [0.05, 0.1) is 5.02 Å². The highest BCUT2D eigenvalue weighted by molar-refractivity contribution is 6.30. The molecule has 31 heavy (non-hydrogen) atoms. The lowest BCUT2D eigenvalue weighted by Gasteiger charge is -2.29. The van der Waals surface area contributed by atoms with Crippen LogP contribution in [0.1, 0.15) is 25.7 Å². The second-order valence-electron chi connectivity index (χ2n) is 7.65. The zero-order valence-corrected chi connectivity index (χ0v) is 17.9. The smallest absolute Gasteiger partial charge is 0.258 e. The Bertz CT molecular complexity index is 970. The maximum Gasteiger partial charge on any atom is 0.258 e. The van der Waals surface area contributed by atoms with Gasteiger partial charge in [0.15, 0.2) is 6.61 Å². The fourth-order valence-corrected chi connectivity index (χ4v) is 3.83. The van der Waals surface area contributed by atoms with E-state index in [-0.39, 0.29) is 24.7 Å². The number of pyridine rings is 1. The highest BCUT2D eigenvalue weighted by atomic mass is 35.5. The number of carbonyl (C=O) groups excluding carboxylic acids is 1. The molecule has 1 heterocycles. The van der Waals surface area contributed by atoms with Gasteiger partial charge in [0.2, 0.25) is 5.88 Å². The Morgan fingerprint density at radius 3 is 2.32 bits per heavy atom. The highest BCUT2D eigenvalue weighted by Gasteiger charge is 2.24. The first-order chi connectivity index (χ1) is 15.2. The van der Waals surface area contributed by atoms with Gasteiger partial charge in [-0.1, -0.05) is 54.1 Å². The number of amides is 1. The number of halogens is 1. The largest absolute Gasteiger partial charge is 0.484 e. The predicted molar refractivity (Wildman–Crippen MR) is 121 cm³/mol. The molecule has 1 saturated carbocycles. The molecule has 5 nitrogen and oxygen atoms in total. The third-order valence-corrected chi connectivity index (χ3v) is 5.58. The molecule has 1 amide bonds. The second kappa shape index (κ2) is 10.3. The van der Waals surface area contributed by atoms with Crippen molar-refractivity contribution in [2.24, 2.45) is 0 Å². The highest BCUT2D eigenvalue weighted by Crippen LogP contribution is 2.24. The van der Waals surface area contributed by atoms with E-state index in [2.05, 4.69) is 22.4 Å². The Hall–Kier alpha value is -3.05. The summed E-state index contributed by atoms with van der Waals surface area (Å²) in [7, 11) is 0. The van der Waals surface area contributed by atoms with Crippen LogP contribution in [0, 0.1) is 0 Å². The Balaban J connectivity index is 1.18. The number of ether oxygens (including phenoxy) is 2. The van der Waals surface area contributed by atoms with Gasteiger partial charge < -0.3 is 14.8 Å². The van der Waals surface area contributed by atoms with Crippen molar-refractivity contribution in [1.82, 2.24) is 10.3 Å². The third-order valence-electron chi connectivity index (χ3n) is 5.36. The number of aromatic nitrogens is 1. The number of hydrogen-bond acceptors (Lipinski definition) is 4. The van der Waals surface area contributed by atoms with Crippen LogP contribution in [-0.4, -0.2) is 29.6 Å². The molecule has 3 aromatic rings. The molecule has 1 aliphatic carbocycles. The van der Waals surface area contributed by atoms with Crippen LogP contribution in [0.3, 0.4) is 0 Å². The van der Waals surface area contributed by atoms with Gasteiger partial charge in [-0.15, -0.1) is 0 Å². The average molecular weight is 437 g/mol. The van der Waals surface area contributed by atoms with Crippen LogP contribution in [0.25, 0.3) is 11.1 Å². The van der Waals surface area contributed by atoms with Crippen molar-refractivity contribution < 1.29 is 14.3 Å². The fourth-order valence-electron chi connectivity index (χ4n) is 3.72. The van der Waals surface area contributed by atoms with Gasteiger partial charge in [0.25, 0.3) is 5.91 Å². The molecule has 1 aromatic heterocycles. The second-order valence-corrected chi connectivity index (χ2v) is 8.09. The van der Waals surface area contributed by atoms with Crippen molar-refractivity contribution >= 4 is 17.5 Å². The SMILES string of the molecule is O=C(COc1ccc(-c2ccccc2)cc1)NC1CCC(Oc2ccc(Cl)cn2)CC1. The van der Waals surface area contributed by atoms with Crippen molar-refractivity contribution in [3.63, 3.8) is 0 Å². The Morgan fingerprint density at radius 2 is 1.65 bits per heavy atom. The summed E-state index contributed by atoms with van der Waals surface area (Å²) in [6.45, 7) is 0.00973. The van der Waals surface area contributed by atoms with Crippen LogP contribution < -0.4 is 14.8 Å². The van der Waals surface area contributed by atoms with Gasteiger partial charge in [-0.25, -0.2) is 4.98 Å². The van der Waals surface area contributed by atoms with Gasteiger partial charge in [-0.05, 0) is 55.0 Å². The quantitative estimate of drug-likeness (QED) is 0.546. The van der Waals surface area contributed by atoms with Crippen LogP contribution in [0.5, 0.6) is 11.6 Å². The molecular weight excluding hydrogens is 412 g/mol. The van der Waals surface area contributed by atoms with Crippen LogP contribution in [0.4, 0.5) is 0 Å². The summed E-state index contributed by atoms with van der Waals surface area (Å²) < 4.78 is 11.6. The van der Waals surface area contributed by atoms with E-state index in [0.29, 0.717) is 16.7 Å². The molecule has 1 fully saturated rings. The summed E-state index contributed by atoms with van der Waals surface area (Å²) in [6.07, 6.45) is 5.18. The van der Waals surface area contributed by atoms with Gasteiger partial charge in [-0.2, -0.15) is 0 Å².